The lowest BCUT2D eigenvalue weighted by molar-refractivity contribution is -0.0999. The van der Waals surface area contributed by atoms with Crippen LogP contribution in [0.25, 0.3) is 0 Å². The molecule has 0 atom stereocenters. The van der Waals surface area contributed by atoms with Gasteiger partial charge >= 0.3 is 0 Å². The van der Waals surface area contributed by atoms with Gasteiger partial charge in [0.25, 0.3) is 0 Å². The van der Waals surface area contributed by atoms with Gasteiger partial charge in [-0.1, -0.05) is 6.08 Å². The third-order valence-corrected chi connectivity index (χ3v) is 1.39. The van der Waals surface area contributed by atoms with E-state index in [4.69, 9.17) is 14.6 Å². The molecule has 0 aromatic carbocycles. The second kappa shape index (κ2) is 3.14. The summed E-state index contributed by atoms with van der Waals surface area (Å²) in [6, 6.07) is 0. The number of aliphatic hydroxyl groups excluding tert-OH is 1. The third-order valence-electron chi connectivity index (χ3n) is 1.39. The van der Waals surface area contributed by atoms with Crippen LogP contribution in [0.15, 0.2) is 12.2 Å². The van der Waals surface area contributed by atoms with Gasteiger partial charge in [-0.15, -0.1) is 0 Å². The van der Waals surface area contributed by atoms with E-state index < -0.39 is 5.79 Å². The van der Waals surface area contributed by atoms with Crippen LogP contribution < -0.4 is 0 Å². The maximum absolute atomic E-state index is 8.44. The Morgan fingerprint density at radius 3 is 2.60 bits per heavy atom. The van der Waals surface area contributed by atoms with E-state index in [-0.39, 0.29) is 6.61 Å². The summed E-state index contributed by atoms with van der Waals surface area (Å²) in [5.41, 5.74) is 0. The van der Waals surface area contributed by atoms with Crippen LogP contribution in [-0.4, -0.2) is 30.7 Å². The maximum Gasteiger partial charge on any atom is 0.185 e. The van der Waals surface area contributed by atoms with E-state index in [1.165, 1.54) is 0 Å². The Balaban J connectivity index is 2.43. The molecule has 1 aliphatic rings. The lowest BCUT2D eigenvalue weighted by Gasteiger charge is -2.16. The minimum absolute atomic E-state index is 0.0301. The van der Waals surface area contributed by atoms with E-state index in [0.717, 1.165) is 0 Å². The largest absolute Gasteiger partial charge is 0.392 e. The first-order chi connectivity index (χ1) is 4.77. The molecule has 3 heteroatoms. The smallest absolute Gasteiger partial charge is 0.185 e. The Morgan fingerprint density at radius 2 is 2.10 bits per heavy atom. The molecule has 0 saturated carbocycles. The minimum atomic E-state index is -0.595. The van der Waals surface area contributed by atoms with Gasteiger partial charge in [0.05, 0.1) is 19.8 Å². The summed E-state index contributed by atoms with van der Waals surface area (Å²) in [6.07, 6.45) is 3.34. The molecule has 1 heterocycles. The Bertz CT molecular complexity index is 125. The van der Waals surface area contributed by atoms with Crippen molar-refractivity contribution < 1.29 is 14.6 Å². The van der Waals surface area contributed by atoms with Gasteiger partial charge in [-0.25, -0.2) is 0 Å². The van der Waals surface area contributed by atoms with Gasteiger partial charge in [0.1, 0.15) is 0 Å². The van der Waals surface area contributed by atoms with Gasteiger partial charge in [0.2, 0.25) is 0 Å². The minimum Gasteiger partial charge on any atom is -0.392 e. The molecular weight excluding hydrogens is 132 g/mol. The topological polar surface area (TPSA) is 38.7 Å². The van der Waals surface area contributed by atoms with Crippen molar-refractivity contribution in [1.82, 2.24) is 0 Å². The van der Waals surface area contributed by atoms with Gasteiger partial charge in [-0.3, -0.25) is 0 Å². The van der Waals surface area contributed by atoms with Crippen molar-refractivity contribution in [3.63, 3.8) is 0 Å². The molecule has 1 saturated heterocycles. The number of hydrogen-bond acceptors (Lipinski definition) is 3. The number of ether oxygens (including phenoxy) is 2. The molecule has 1 aliphatic heterocycles. The van der Waals surface area contributed by atoms with Gasteiger partial charge in [-0.2, -0.15) is 0 Å². The Hall–Kier alpha value is -0.380. The summed E-state index contributed by atoms with van der Waals surface area (Å²) in [7, 11) is 0. The van der Waals surface area contributed by atoms with Crippen LogP contribution in [0, 0.1) is 0 Å². The second-order valence-electron chi connectivity index (χ2n) is 2.30. The van der Waals surface area contributed by atoms with Crippen molar-refractivity contribution >= 4 is 0 Å². The van der Waals surface area contributed by atoms with E-state index in [9.17, 15) is 0 Å². The van der Waals surface area contributed by atoms with Gasteiger partial charge in [0.15, 0.2) is 5.79 Å². The summed E-state index contributed by atoms with van der Waals surface area (Å²) in [4.78, 5) is 0. The number of aliphatic hydroxyl groups is 1. The highest BCUT2D eigenvalue weighted by atomic mass is 16.7. The molecule has 0 aliphatic carbocycles. The zero-order valence-electron chi connectivity index (χ0n) is 6.04. The van der Waals surface area contributed by atoms with Gasteiger partial charge in [-0.05, 0) is 13.0 Å². The van der Waals surface area contributed by atoms with Crippen molar-refractivity contribution in [1.29, 1.82) is 0 Å². The van der Waals surface area contributed by atoms with E-state index in [0.29, 0.717) is 13.2 Å². The second-order valence-corrected chi connectivity index (χ2v) is 2.30. The molecule has 0 unspecified atom stereocenters. The van der Waals surface area contributed by atoms with Crippen molar-refractivity contribution in [2.75, 3.05) is 19.8 Å². The normalized spacial score (nSPS) is 24.2. The first kappa shape index (κ1) is 7.72. The third kappa shape index (κ3) is 1.80. The molecule has 0 spiro atoms. The molecule has 58 valence electrons. The van der Waals surface area contributed by atoms with Crippen LogP contribution in [0.5, 0.6) is 0 Å². The lowest BCUT2D eigenvalue weighted by atomic mass is 10.3. The van der Waals surface area contributed by atoms with E-state index >= 15 is 0 Å². The molecule has 10 heavy (non-hydrogen) atoms. The molecule has 0 aromatic rings. The zero-order valence-corrected chi connectivity index (χ0v) is 6.04. The predicted molar refractivity (Wildman–Crippen MR) is 36.5 cm³/mol. The van der Waals surface area contributed by atoms with Crippen LogP contribution in [0.4, 0.5) is 0 Å². The highest BCUT2D eigenvalue weighted by Crippen LogP contribution is 2.19. The average molecular weight is 144 g/mol. The summed E-state index contributed by atoms with van der Waals surface area (Å²) in [5, 5.41) is 8.44. The highest BCUT2D eigenvalue weighted by molar-refractivity contribution is 4.94. The van der Waals surface area contributed by atoms with Crippen molar-refractivity contribution in [3.05, 3.63) is 12.2 Å². The van der Waals surface area contributed by atoms with Gasteiger partial charge in [0, 0.05) is 0 Å². The van der Waals surface area contributed by atoms with E-state index in [2.05, 4.69) is 0 Å². The SMILES string of the molecule is CC1(/C=C/CO)OCCO1. The van der Waals surface area contributed by atoms with Crippen LogP contribution >= 0.6 is 0 Å². The average Bonchev–Trinajstić information content (AvgIpc) is 2.33. The zero-order chi connectivity index (χ0) is 7.45. The van der Waals surface area contributed by atoms with Crippen molar-refractivity contribution in [2.45, 2.75) is 12.7 Å². The summed E-state index contributed by atoms with van der Waals surface area (Å²) >= 11 is 0. The summed E-state index contributed by atoms with van der Waals surface area (Å²) in [5.74, 6) is -0.595. The lowest BCUT2D eigenvalue weighted by Crippen LogP contribution is -2.21. The Morgan fingerprint density at radius 1 is 1.50 bits per heavy atom. The van der Waals surface area contributed by atoms with Crippen LogP contribution in [0.3, 0.4) is 0 Å². The molecule has 0 aromatic heterocycles. The Kier molecular flexibility index (Phi) is 2.43. The molecular formula is C7H12O3. The van der Waals surface area contributed by atoms with Gasteiger partial charge < -0.3 is 14.6 Å². The van der Waals surface area contributed by atoms with Crippen LogP contribution in [0.1, 0.15) is 6.92 Å². The molecule has 0 bridgehead atoms. The summed E-state index contributed by atoms with van der Waals surface area (Å²) < 4.78 is 10.4. The predicted octanol–water partition coefficient (Wildman–Crippen LogP) is 0.298. The standard InChI is InChI=1S/C7H12O3/c1-7(3-2-4-8)9-5-6-10-7/h2-3,8H,4-6H2,1H3/b3-2+. The maximum atomic E-state index is 8.44. The molecule has 1 fully saturated rings. The molecule has 0 radical (unpaired) electrons. The molecule has 0 amide bonds. The van der Waals surface area contributed by atoms with Crippen molar-refractivity contribution in [2.24, 2.45) is 0 Å². The van der Waals surface area contributed by atoms with Crippen molar-refractivity contribution in [3.8, 4) is 0 Å². The van der Waals surface area contributed by atoms with E-state index in [1.54, 1.807) is 12.2 Å². The molecule has 1 rings (SSSR count). The first-order valence-electron chi connectivity index (χ1n) is 3.33. The van der Waals surface area contributed by atoms with Crippen LogP contribution in [0.2, 0.25) is 0 Å². The highest BCUT2D eigenvalue weighted by Gasteiger charge is 2.26. The Labute approximate surface area is 60.3 Å². The number of hydrogen-bond donors (Lipinski definition) is 1. The summed E-state index contributed by atoms with van der Waals surface area (Å²) in [6.45, 7) is 3.12. The fraction of sp³-hybridized carbons (Fsp3) is 0.714. The molecule has 3 nitrogen and oxygen atoms in total. The van der Waals surface area contributed by atoms with Crippen LogP contribution in [-0.2, 0) is 9.47 Å². The molecule has 1 N–H and O–H groups in total. The quantitative estimate of drug-likeness (QED) is 0.566. The fourth-order valence-corrected chi connectivity index (χ4v) is 0.893. The first-order valence-corrected chi connectivity index (χ1v) is 3.33. The number of rotatable bonds is 2. The van der Waals surface area contributed by atoms with E-state index in [1.807, 2.05) is 6.92 Å². The monoisotopic (exact) mass is 144 g/mol. The fourth-order valence-electron chi connectivity index (χ4n) is 0.893.